The highest BCUT2D eigenvalue weighted by molar-refractivity contribution is 5.86. The van der Waals surface area contributed by atoms with Crippen LogP contribution in [0.2, 0.25) is 0 Å². The topological polar surface area (TPSA) is 75.4 Å². The number of carbonyl (C=O) groups excluding carboxylic acids is 2. The van der Waals surface area contributed by atoms with E-state index in [9.17, 15) is 9.59 Å². The minimum absolute atomic E-state index is 0.0937. The largest absolute Gasteiger partial charge is 0.366 e. The highest BCUT2D eigenvalue weighted by atomic mass is 16.1. The van der Waals surface area contributed by atoms with Crippen molar-refractivity contribution in [3.63, 3.8) is 0 Å². The van der Waals surface area contributed by atoms with E-state index >= 15 is 0 Å². The van der Waals surface area contributed by atoms with E-state index in [1.807, 2.05) is 50.5 Å². The molecule has 24 heavy (non-hydrogen) atoms. The lowest BCUT2D eigenvalue weighted by Crippen LogP contribution is -2.25. The molecule has 0 radical (unpaired) electrons. The summed E-state index contributed by atoms with van der Waals surface area (Å²) in [4.78, 5) is 22.2. The van der Waals surface area contributed by atoms with Crippen LogP contribution in [0.3, 0.4) is 0 Å². The van der Waals surface area contributed by atoms with Crippen LogP contribution in [-0.2, 0) is 9.59 Å². The molecule has 5 heteroatoms. The number of carbonyl (C=O) groups is 2. The third-order valence-electron chi connectivity index (χ3n) is 2.50. The van der Waals surface area contributed by atoms with Gasteiger partial charge in [-0.25, -0.2) is 0 Å². The van der Waals surface area contributed by atoms with Crippen LogP contribution in [-0.4, -0.2) is 43.9 Å². The second-order valence-electron chi connectivity index (χ2n) is 4.87. The van der Waals surface area contributed by atoms with Crippen LogP contribution in [0.4, 0.5) is 0 Å². The van der Waals surface area contributed by atoms with Gasteiger partial charge in [-0.15, -0.1) is 0 Å². The first-order chi connectivity index (χ1) is 11.4. The van der Waals surface area contributed by atoms with Crippen molar-refractivity contribution in [1.82, 2.24) is 10.2 Å². The number of nitrogens with zero attached hydrogens (tertiary/aromatic N) is 1. The fourth-order valence-corrected chi connectivity index (χ4v) is 1.27. The molecule has 0 saturated carbocycles. The minimum Gasteiger partial charge on any atom is -0.366 e. The first kappa shape index (κ1) is 23.6. The second kappa shape index (κ2) is 16.7. The number of hydrogen-bond donors (Lipinski definition) is 2. The van der Waals surface area contributed by atoms with Crippen LogP contribution in [0, 0.1) is 0 Å². The van der Waals surface area contributed by atoms with E-state index in [1.54, 1.807) is 0 Å². The Morgan fingerprint density at radius 3 is 2.00 bits per heavy atom. The van der Waals surface area contributed by atoms with Gasteiger partial charge in [0, 0.05) is 6.54 Å². The fraction of sp³-hybridized carbons (Fsp3) is 0.263. The molecular formula is C19H29N3O2. The number of primary amides is 1. The van der Waals surface area contributed by atoms with Crippen LogP contribution < -0.4 is 11.1 Å². The summed E-state index contributed by atoms with van der Waals surface area (Å²) in [6.45, 7) is 11.8. The minimum atomic E-state index is -0.481. The summed E-state index contributed by atoms with van der Waals surface area (Å²) in [5.41, 5.74) is 5.71. The molecule has 0 atom stereocenters. The molecule has 132 valence electrons. The molecule has 1 aromatic rings. The van der Waals surface area contributed by atoms with E-state index in [0.717, 1.165) is 25.6 Å². The molecule has 2 amide bonds. The maximum Gasteiger partial charge on any atom is 0.243 e. The van der Waals surface area contributed by atoms with Crippen molar-refractivity contribution >= 4 is 17.9 Å². The molecule has 0 spiro atoms. The predicted molar refractivity (Wildman–Crippen MR) is 102 cm³/mol. The summed E-state index contributed by atoms with van der Waals surface area (Å²) in [5.74, 6) is -0.575. The zero-order valence-corrected chi connectivity index (χ0v) is 14.7. The van der Waals surface area contributed by atoms with Gasteiger partial charge in [0.1, 0.15) is 0 Å². The van der Waals surface area contributed by atoms with Gasteiger partial charge in [0.15, 0.2) is 0 Å². The van der Waals surface area contributed by atoms with Gasteiger partial charge in [0.25, 0.3) is 0 Å². The molecule has 0 aliphatic heterocycles. The molecule has 0 heterocycles. The van der Waals surface area contributed by atoms with E-state index in [2.05, 4.69) is 35.7 Å². The van der Waals surface area contributed by atoms with Gasteiger partial charge >= 0.3 is 0 Å². The van der Waals surface area contributed by atoms with Crippen LogP contribution in [0.15, 0.2) is 62.2 Å². The molecule has 1 aromatic carbocycles. The van der Waals surface area contributed by atoms with E-state index in [4.69, 9.17) is 0 Å². The van der Waals surface area contributed by atoms with E-state index < -0.39 is 5.91 Å². The standard InChI is InChI=1S/C8H16N2O.C8H8.C3H5NO/c1-4-8(11)9-6-5-7-10(2)3;1-2-8-6-4-3-5-7-8;1-2-3(4)5/h4H,1,5-7H2,2-3H3,(H,9,11);2-7H,1H2;2H,1H2,(H2,4,5). The Kier molecular flexibility index (Phi) is 16.4. The molecular weight excluding hydrogens is 302 g/mol. The Balaban J connectivity index is 0. The van der Waals surface area contributed by atoms with Crippen molar-refractivity contribution in [2.75, 3.05) is 27.2 Å². The van der Waals surface area contributed by atoms with Gasteiger partial charge in [-0.05, 0) is 44.8 Å². The average molecular weight is 331 g/mol. The van der Waals surface area contributed by atoms with Crippen molar-refractivity contribution < 1.29 is 9.59 Å². The molecule has 3 N–H and O–H groups in total. The average Bonchev–Trinajstić information content (AvgIpc) is 2.60. The van der Waals surface area contributed by atoms with Crippen molar-refractivity contribution in [3.8, 4) is 0 Å². The van der Waals surface area contributed by atoms with Gasteiger partial charge in [-0.1, -0.05) is 56.1 Å². The number of hydrogen-bond acceptors (Lipinski definition) is 3. The number of nitrogens with one attached hydrogen (secondary N) is 1. The Bertz CT molecular complexity index is 497. The predicted octanol–water partition coefficient (Wildman–Crippen LogP) is 2.23. The lowest BCUT2D eigenvalue weighted by Gasteiger charge is -2.08. The summed E-state index contributed by atoms with van der Waals surface area (Å²) >= 11 is 0. The van der Waals surface area contributed by atoms with E-state index in [0.29, 0.717) is 0 Å². The van der Waals surface area contributed by atoms with Gasteiger partial charge < -0.3 is 16.0 Å². The van der Waals surface area contributed by atoms with Gasteiger partial charge in [-0.3, -0.25) is 9.59 Å². The summed E-state index contributed by atoms with van der Waals surface area (Å²) in [6, 6.07) is 10.0. The number of amides is 2. The maximum absolute atomic E-state index is 10.6. The number of nitrogens with two attached hydrogens (primary N) is 1. The monoisotopic (exact) mass is 331 g/mol. The van der Waals surface area contributed by atoms with Crippen LogP contribution in [0.5, 0.6) is 0 Å². The molecule has 5 nitrogen and oxygen atoms in total. The van der Waals surface area contributed by atoms with Gasteiger partial charge in [-0.2, -0.15) is 0 Å². The zero-order valence-electron chi connectivity index (χ0n) is 14.7. The SMILES string of the molecule is C=CC(=O)NCCCN(C)C.C=CC(N)=O.C=Cc1ccccc1. The van der Waals surface area contributed by atoms with Crippen LogP contribution >= 0.6 is 0 Å². The molecule has 0 unspecified atom stereocenters. The van der Waals surface area contributed by atoms with E-state index in [1.165, 1.54) is 11.6 Å². The summed E-state index contributed by atoms with van der Waals surface area (Å²) in [7, 11) is 4.02. The third-order valence-corrected chi connectivity index (χ3v) is 2.50. The fourth-order valence-electron chi connectivity index (χ4n) is 1.27. The lowest BCUT2D eigenvalue weighted by atomic mass is 10.2. The molecule has 0 aromatic heterocycles. The summed E-state index contributed by atoms with van der Waals surface area (Å²) < 4.78 is 0. The second-order valence-corrected chi connectivity index (χ2v) is 4.87. The normalized spacial score (nSPS) is 8.62. The molecule has 0 aliphatic carbocycles. The Labute approximate surface area is 145 Å². The molecule has 0 aliphatic rings. The quantitative estimate of drug-likeness (QED) is 0.594. The third kappa shape index (κ3) is 19.3. The van der Waals surface area contributed by atoms with Crippen LogP contribution in [0.25, 0.3) is 6.08 Å². The van der Waals surface area contributed by atoms with Gasteiger partial charge in [0.05, 0.1) is 0 Å². The van der Waals surface area contributed by atoms with E-state index in [-0.39, 0.29) is 5.91 Å². The maximum atomic E-state index is 10.6. The molecule has 0 bridgehead atoms. The summed E-state index contributed by atoms with van der Waals surface area (Å²) in [5, 5.41) is 2.70. The molecule has 1 rings (SSSR count). The number of benzene rings is 1. The Hall–Kier alpha value is -2.66. The van der Waals surface area contributed by atoms with Crippen LogP contribution in [0.1, 0.15) is 12.0 Å². The first-order valence-electron chi connectivity index (χ1n) is 7.51. The number of rotatable bonds is 7. The van der Waals surface area contributed by atoms with Crippen molar-refractivity contribution in [1.29, 1.82) is 0 Å². The summed E-state index contributed by atoms with van der Waals surface area (Å²) in [6.07, 6.45) is 5.15. The molecule has 0 fully saturated rings. The molecule has 0 saturated heterocycles. The highest BCUT2D eigenvalue weighted by Gasteiger charge is 1.93. The van der Waals surface area contributed by atoms with Crippen molar-refractivity contribution in [3.05, 3.63) is 67.8 Å². The van der Waals surface area contributed by atoms with Gasteiger partial charge in [0.2, 0.25) is 11.8 Å². The Morgan fingerprint density at radius 1 is 1.12 bits per heavy atom. The van der Waals surface area contributed by atoms with Crippen molar-refractivity contribution in [2.24, 2.45) is 5.73 Å². The zero-order chi connectivity index (χ0) is 18.8. The Morgan fingerprint density at radius 2 is 1.67 bits per heavy atom. The first-order valence-corrected chi connectivity index (χ1v) is 7.51. The smallest absolute Gasteiger partial charge is 0.243 e. The lowest BCUT2D eigenvalue weighted by molar-refractivity contribution is -0.116. The highest BCUT2D eigenvalue weighted by Crippen LogP contribution is 1.97. The van der Waals surface area contributed by atoms with Crippen molar-refractivity contribution in [2.45, 2.75) is 6.42 Å².